The van der Waals surface area contributed by atoms with E-state index in [1.807, 2.05) is 0 Å². The van der Waals surface area contributed by atoms with Crippen LogP contribution in [0.15, 0.2) is 18.5 Å². The summed E-state index contributed by atoms with van der Waals surface area (Å²) in [6.45, 7) is 0. The highest BCUT2D eigenvalue weighted by Crippen LogP contribution is 2.37. The minimum absolute atomic E-state index is 0.516. The quantitative estimate of drug-likeness (QED) is 0.752. The summed E-state index contributed by atoms with van der Waals surface area (Å²) in [7, 11) is 0. The molecule has 80 valence electrons. The maximum absolute atomic E-state index is 10.9. The van der Waals surface area contributed by atoms with E-state index in [1.165, 1.54) is 12.6 Å². The third-order valence-corrected chi connectivity index (χ3v) is 3.16. The van der Waals surface area contributed by atoms with Gasteiger partial charge in [0.2, 0.25) is 0 Å². The van der Waals surface area contributed by atoms with Crippen molar-refractivity contribution in [1.82, 2.24) is 4.98 Å². The normalized spacial score (nSPS) is 19.8. The van der Waals surface area contributed by atoms with Gasteiger partial charge < -0.3 is 5.11 Å². The molecule has 0 unspecified atom stereocenters. The van der Waals surface area contributed by atoms with Crippen molar-refractivity contribution in [3.8, 4) is 0 Å². The van der Waals surface area contributed by atoms with Crippen molar-refractivity contribution in [2.24, 2.45) is 0 Å². The summed E-state index contributed by atoms with van der Waals surface area (Å²) < 4.78 is 0. The predicted octanol–water partition coefficient (Wildman–Crippen LogP) is 2.05. The Morgan fingerprint density at radius 1 is 1.33 bits per heavy atom. The Balaban J connectivity index is 2.38. The molecule has 1 saturated carbocycles. The molecule has 1 aromatic rings. The van der Waals surface area contributed by atoms with E-state index in [0.29, 0.717) is 5.56 Å². The molecule has 0 radical (unpaired) electrons. The standard InChI is InChI=1S/C12H15NO2/c14-9-10-8-13-7-4-11(10)12(15)5-2-1-3-6-12/h4,7-9,15H,1-3,5-6H2. The first kappa shape index (κ1) is 10.3. The second kappa shape index (κ2) is 4.11. The molecule has 1 aliphatic rings. The van der Waals surface area contributed by atoms with E-state index < -0.39 is 5.60 Å². The van der Waals surface area contributed by atoms with Crippen LogP contribution in [-0.4, -0.2) is 16.4 Å². The molecule has 0 atom stereocenters. The molecule has 1 aliphatic carbocycles. The molecule has 1 aromatic heterocycles. The number of carbonyl (C=O) groups is 1. The number of aldehydes is 1. The molecule has 1 heterocycles. The second-order valence-corrected chi connectivity index (χ2v) is 4.17. The SMILES string of the molecule is O=Cc1cnccc1C1(O)CCCCC1. The van der Waals surface area contributed by atoms with Crippen LogP contribution in [0.25, 0.3) is 0 Å². The van der Waals surface area contributed by atoms with Crippen LogP contribution in [0, 0.1) is 0 Å². The van der Waals surface area contributed by atoms with Gasteiger partial charge in [-0.3, -0.25) is 9.78 Å². The van der Waals surface area contributed by atoms with E-state index in [2.05, 4.69) is 4.98 Å². The fourth-order valence-corrected chi connectivity index (χ4v) is 2.33. The molecule has 0 amide bonds. The average molecular weight is 205 g/mol. The minimum atomic E-state index is -0.808. The minimum Gasteiger partial charge on any atom is -0.385 e. The van der Waals surface area contributed by atoms with Crippen molar-refractivity contribution in [3.05, 3.63) is 29.6 Å². The summed E-state index contributed by atoms with van der Waals surface area (Å²) in [5.41, 5.74) is 0.450. The van der Waals surface area contributed by atoms with Crippen LogP contribution < -0.4 is 0 Å². The Morgan fingerprint density at radius 3 is 2.73 bits per heavy atom. The lowest BCUT2D eigenvalue weighted by atomic mass is 9.78. The number of aromatic nitrogens is 1. The lowest BCUT2D eigenvalue weighted by Crippen LogP contribution is -2.29. The van der Waals surface area contributed by atoms with Gasteiger partial charge in [0.15, 0.2) is 6.29 Å². The summed E-state index contributed by atoms with van der Waals surface area (Å²) in [5.74, 6) is 0. The van der Waals surface area contributed by atoms with Gasteiger partial charge >= 0.3 is 0 Å². The number of hydrogen-bond donors (Lipinski definition) is 1. The first-order valence-electron chi connectivity index (χ1n) is 5.38. The lowest BCUT2D eigenvalue weighted by molar-refractivity contribution is -0.00121. The fraction of sp³-hybridized carbons (Fsp3) is 0.500. The van der Waals surface area contributed by atoms with Crippen LogP contribution in [0.5, 0.6) is 0 Å². The number of pyridine rings is 1. The third kappa shape index (κ3) is 1.92. The van der Waals surface area contributed by atoms with Gasteiger partial charge in [-0.05, 0) is 24.5 Å². The van der Waals surface area contributed by atoms with Gasteiger partial charge in [0.25, 0.3) is 0 Å². The van der Waals surface area contributed by atoms with E-state index >= 15 is 0 Å². The summed E-state index contributed by atoms with van der Waals surface area (Å²) in [5, 5.41) is 10.5. The second-order valence-electron chi connectivity index (χ2n) is 4.17. The van der Waals surface area contributed by atoms with Gasteiger partial charge in [-0.1, -0.05) is 19.3 Å². The van der Waals surface area contributed by atoms with Crippen LogP contribution in [0.3, 0.4) is 0 Å². The summed E-state index contributed by atoms with van der Waals surface area (Å²) in [6, 6.07) is 1.76. The molecule has 0 aromatic carbocycles. The van der Waals surface area contributed by atoms with Gasteiger partial charge in [0.1, 0.15) is 0 Å². The number of rotatable bonds is 2. The number of hydrogen-bond acceptors (Lipinski definition) is 3. The maximum Gasteiger partial charge on any atom is 0.151 e. The Bertz CT molecular complexity index is 356. The Labute approximate surface area is 89.2 Å². The zero-order valence-electron chi connectivity index (χ0n) is 8.65. The number of carbonyl (C=O) groups excluding carboxylic acids is 1. The van der Waals surface area contributed by atoms with Gasteiger partial charge in [-0.25, -0.2) is 0 Å². The zero-order valence-corrected chi connectivity index (χ0v) is 8.65. The molecule has 1 fully saturated rings. The molecular weight excluding hydrogens is 190 g/mol. The third-order valence-electron chi connectivity index (χ3n) is 3.16. The fourth-order valence-electron chi connectivity index (χ4n) is 2.33. The summed E-state index contributed by atoms with van der Waals surface area (Å²) in [6.07, 6.45) is 8.65. The predicted molar refractivity (Wildman–Crippen MR) is 56.6 cm³/mol. The van der Waals surface area contributed by atoms with E-state index in [0.717, 1.165) is 37.5 Å². The molecule has 0 spiro atoms. The first-order valence-corrected chi connectivity index (χ1v) is 5.38. The largest absolute Gasteiger partial charge is 0.385 e. The number of nitrogens with zero attached hydrogens (tertiary/aromatic N) is 1. The molecule has 3 nitrogen and oxygen atoms in total. The molecule has 0 aliphatic heterocycles. The van der Waals surface area contributed by atoms with E-state index in [9.17, 15) is 9.90 Å². The monoisotopic (exact) mass is 205 g/mol. The van der Waals surface area contributed by atoms with E-state index in [1.54, 1.807) is 12.3 Å². The molecular formula is C12H15NO2. The van der Waals surface area contributed by atoms with Crippen LogP contribution in [0.4, 0.5) is 0 Å². The van der Waals surface area contributed by atoms with Crippen molar-refractivity contribution in [1.29, 1.82) is 0 Å². The molecule has 3 heteroatoms. The molecule has 15 heavy (non-hydrogen) atoms. The Hall–Kier alpha value is -1.22. The van der Waals surface area contributed by atoms with Crippen LogP contribution in [0.1, 0.15) is 48.0 Å². The molecule has 2 rings (SSSR count). The highest BCUT2D eigenvalue weighted by molar-refractivity contribution is 5.77. The highest BCUT2D eigenvalue weighted by atomic mass is 16.3. The molecule has 0 saturated heterocycles. The van der Waals surface area contributed by atoms with Crippen molar-refractivity contribution < 1.29 is 9.90 Å². The van der Waals surface area contributed by atoms with Gasteiger partial charge in [-0.2, -0.15) is 0 Å². The first-order chi connectivity index (χ1) is 7.26. The summed E-state index contributed by atoms with van der Waals surface area (Å²) in [4.78, 5) is 14.8. The zero-order chi connectivity index (χ0) is 10.7. The smallest absolute Gasteiger partial charge is 0.151 e. The van der Waals surface area contributed by atoms with Crippen LogP contribution >= 0.6 is 0 Å². The van der Waals surface area contributed by atoms with Gasteiger partial charge in [0, 0.05) is 18.0 Å². The lowest BCUT2D eigenvalue weighted by Gasteiger charge is -2.33. The summed E-state index contributed by atoms with van der Waals surface area (Å²) >= 11 is 0. The average Bonchev–Trinajstić information content (AvgIpc) is 2.30. The van der Waals surface area contributed by atoms with Crippen molar-refractivity contribution >= 4 is 6.29 Å². The number of aliphatic hydroxyl groups is 1. The van der Waals surface area contributed by atoms with E-state index in [-0.39, 0.29) is 0 Å². The van der Waals surface area contributed by atoms with Gasteiger partial charge in [0.05, 0.1) is 5.60 Å². The van der Waals surface area contributed by atoms with Crippen LogP contribution in [-0.2, 0) is 5.60 Å². The van der Waals surface area contributed by atoms with Crippen molar-refractivity contribution in [2.75, 3.05) is 0 Å². The Kier molecular flexibility index (Phi) is 2.82. The van der Waals surface area contributed by atoms with Gasteiger partial charge in [-0.15, -0.1) is 0 Å². The molecule has 0 bridgehead atoms. The highest BCUT2D eigenvalue weighted by Gasteiger charge is 2.32. The topological polar surface area (TPSA) is 50.2 Å². The van der Waals surface area contributed by atoms with Crippen molar-refractivity contribution in [3.63, 3.8) is 0 Å². The maximum atomic E-state index is 10.9. The van der Waals surface area contributed by atoms with E-state index in [4.69, 9.17) is 0 Å². The van der Waals surface area contributed by atoms with Crippen LogP contribution in [0.2, 0.25) is 0 Å². The Morgan fingerprint density at radius 2 is 2.07 bits per heavy atom. The molecule has 1 N–H and O–H groups in total. The van der Waals surface area contributed by atoms with Crippen molar-refractivity contribution in [2.45, 2.75) is 37.7 Å².